The third kappa shape index (κ3) is 4.32. The Morgan fingerprint density at radius 1 is 1.34 bits per heavy atom. The molecule has 1 aliphatic carbocycles. The van der Waals surface area contributed by atoms with Crippen molar-refractivity contribution in [1.29, 1.82) is 0 Å². The van der Waals surface area contributed by atoms with Crippen molar-refractivity contribution in [2.45, 2.75) is 26.2 Å². The molecule has 0 spiro atoms. The second-order valence-corrected chi connectivity index (χ2v) is 7.84. The number of anilines is 3. The van der Waals surface area contributed by atoms with Crippen LogP contribution in [0.4, 0.5) is 17.2 Å². The summed E-state index contributed by atoms with van der Waals surface area (Å²) in [5, 5.41) is 19.1. The number of carbonyl (C=O) groups excluding carboxylic acids is 3. The van der Waals surface area contributed by atoms with E-state index in [1.807, 2.05) is 12.3 Å². The van der Waals surface area contributed by atoms with E-state index in [2.05, 4.69) is 15.6 Å². The van der Waals surface area contributed by atoms with Crippen LogP contribution in [0.25, 0.3) is 0 Å². The summed E-state index contributed by atoms with van der Waals surface area (Å²) in [5.74, 6) is -1.32. The van der Waals surface area contributed by atoms with Crippen LogP contribution in [0.15, 0.2) is 17.6 Å². The van der Waals surface area contributed by atoms with Crippen molar-refractivity contribution < 1.29 is 38.4 Å². The zero-order valence-electron chi connectivity index (χ0n) is 16.3. The average molecular weight is 406 g/mol. The fourth-order valence-corrected chi connectivity index (χ4v) is 4.18. The van der Waals surface area contributed by atoms with E-state index in [0.29, 0.717) is 24.3 Å². The first-order valence-electron chi connectivity index (χ1n) is 9.16. The number of nitrogens with zero attached hydrogens (tertiary/aromatic N) is 2. The molecule has 0 atom stereocenters. The maximum atomic E-state index is 12.7. The second-order valence-electron chi connectivity index (χ2n) is 6.87. The fraction of sp³-hybridized carbons (Fsp3) is 0.368. The van der Waals surface area contributed by atoms with Crippen LogP contribution in [0.2, 0.25) is 0 Å². The van der Waals surface area contributed by atoms with E-state index in [0.717, 1.165) is 30.3 Å². The number of nitrogens with one attached hydrogen (secondary N) is 2. The molecule has 29 heavy (non-hydrogen) atoms. The van der Waals surface area contributed by atoms with Crippen LogP contribution in [0.1, 0.15) is 45.4 Å². The van der Waals surface area contributed by atoms with Crippen molar-refractivity contribution >= 4 is 46.3 Å². The zero-order chi connectivity index (χ0) is 19.8. The van der Waals surface area contributed by atoms with Gasteiger partial charge in [-0.2, -0.15) is 0 Å². The number of aromatic carboxylic acids is 1. The fourth-order valence-electron chi connectivity index (χ4n) is 3.22. The Bertz CT molecular complexity index is 973. The topological polar surface area (TPSA) is 114 Å². The summed E-state index contributed by atoms with van der Waals surface area (Å²) in [4.78, 5) is 42.9. The molecular weight excluding hydrogens is 387 g/mol. The molecule has 8 nitrogen and oxygen atoms in total. The quantitative estimate of drug-likeness (QED) is 0.572. The van der Waals surface area contributed by atoms with Crippen molar-refractivity contribution in [3.63, 3.8) is 0 Å². The summed E-state index contributed by atoms with van der Waals surface area (Å²) in [5.41, 5.74) is 1.21. The van der Waals surface area contributed by atoms with Gasteiger partial charge in [0, 0.05) is 53.5 Å². The molecule has 1 saturated carbocycles. The predicted molar refractivity (Wildman–Crippen MR) is 103 cm³/mol. The number of carboxylic acid groups (broad SMARTS) is 1. The maximum absolute atomic E-state index is 12.7. The van der Waals surface area contributed by atoms with E-state index < -0.39 is 5.97 Å². The molecule has 0 unspecified atom stereocenters. The molecule has 1 fully saturated rings. The molecule has 0 aromatic carbocycles. The minimum absolute atomic E-state index is 0. The van der Waals surface area contributed by atoms with Gasteiger partial charge >= 0.3 is 18.9 Å². The van der Waals surface area contributed by atoms with Crippen LogP contribution in [0.5, 0.6) is 0 Å². The minimum Gasteiger partial charge on any atom is -0.545 e. The van der Waals surface area contributed by atoms with Gasteiger partial charge < -0.3 is 25.4 Å². The molecule has 0 saturated heterocycles. The molecule has 2 aromatic rings. The summed E-state index contributed by atoms with van der Waals surface area (Å²) >= 11 is 1.47. The SMILES string of the molecule is CCN1CCc2scc(Nc3cc(NC(=O)C4CC4)ncc3C(=O)[O-])c2C1=O.[Li+]. The summed E-state index contributed by atoms with van der Waals surface area (Å²) in [6, 6.07) is 1.46. The number of aromatic nitrogens is 1. The molecular formula is C19H19LiN4O4S. The van der Waals surface area contributed by atoms with Gasteiger partial charge in [-0.3, -0.25) is 9.59 Å². The Balaban J connectivity index is 0.00000240. The van der Waals surface area contributed by atoms with Crippen molar-refractivity contribution in [3.05, 3.63) is 33.6 Å². The Morgan fingerprint density at radius 3 is 2.76 bits per heavy atom. The number of rotatable bonds is 6. The van der Waals surface area contributed by atoms with Crippen LogP contribution in [-0.4, -0.2) is 40.8 Å². The van der Waals surface area contributed by atoms with E-state index in [1.54, 1.807) is 4.90 Å². The maximum Gasteiger partial charge on any atom is 1.00 e. The van der Waals surface area contributed by atoms with Crippen LogP contribution >= 0.6 is 11.3 Å². The van der Waals surface area contributed by atoms with Crippen LogP contribution in [-0.2, 0) is 11.2 Å². The summed E-state index contributed by atoms with van der Waals surface area (Å²) in [7, 11) is 0. The molecule has 10 heteroatoms. The number of hydrogen-bond donors (Lipinski definition) is 2. The molecule has 2 aromatic heterocycles. The molecule has 2 aliphatic rings. The number of carboxylic acids is 1. The first kappa shape index (κ1) is 21.4. The van der Waals surface area contributed by atoms with E-state index in [4.69, 9.17) is 0 Å². The van der Waals surface area contributed by atoms with Crippen molar-refractivity contribution in [2.24, 2.45) is 5.92 Å². The largest absolute Gasteiger partial charge is 1.00 e. The smallest absolute Gasteiger partial charge is 0.545 e. The van der Waals surface area contributed by atoms with E-state index >= 15 is 0 Å². The average Bonchev–Trinajstić information content (AvgIpc) is 3.44. The third-order valence-electron chi connectivity index (χ3n) is 4.95. The molecule has 3 heterocycles. The number of fused-ring (bicyclic) bond motifs is 1. The number of amides is 2. The predicted octanol–water partition coefficient (Wildman–Crippen LogP) is -1.38. The van der Waals surface area contributed by atoms with Gasteiger partial charge in [-0.15, -0.1) is 11.3 Å². The molecule has 0 bridgehead atoms. The van der Waals surface area contributed by atoms with Gasteiger partial charge in [0.25, 0.3) is 5.91 Å². The standard InChI is InChI=1S/C19H20N4O4S.Li/c1-2-23-6-5-14-16(18(23)25)13(9-28-14)21-12-7-15(20-8-11(12)19(26)27)22-17(24)10-3-4-10;/h7-10H,2-6H2,1H3,(H,26,27)(H2,20,21,22,24);/q;+1/p-1. The Labute approximate surface area is 183 Å². The third-order valence-corrected chi connectivity index (χ3v) is 6.00. The van der Waals surface area contributed by atoms with E-state index in [9.17, 15) is 19.5 Å². The molecule has 4 rings (SSSR count). The Hall–Kier alpha value is -2.34. The number of hydrogen-bond acceptors (Lipinski definition) is 7. The van der Waals surface area contributed by atoms with Crippen LogP contribution < -0.4 is 34.6 Å². The first-order chi connectivity index (χ1) is 13.5. The summed E-state index contributed by atoms with van der Waals surface area (Å²) < 4.78 is 0. The van der Waals surface area contributed by atoms with E-state index in [1.165, 1.54) is 17.4 Å². The van der Waals surface area contributed by atoms with Crippen molar-refractivity contribution in [3.8, 4) is 0 Å². The van der Waals surface area contributed by atoms with Gasteiger partial charge in [0.05, 0.1) is 22.9 Å². The summed E-state index contributed by atoms with van der Waals surface area (Å²) in [6.45, 7) is 3.22. The Morgan fingerprint density at radius 2 is 2.10 bits per heavy atom. The molecule has 146 valence electrons. The normalized spacial score (nSPS) is 15.3. The van der Waals surface area contributed by atoms with Crippen LogP contribution in [0, 0.1) is 5.92 Å². The van der Waals surface area contributed by atoms with Gasteiger partial charge in [-0.05, 0) is 19.8 Å². The van der Waals surface area contributed by atoms with Crippen LogP contribution in [0.3, 0.4) is 0 Å². The van der Waals surface area contributed by atoms with Gasteiger partial charge in [0.15, 0.2) is 0 Å². The molecule has 2 N–H and O–H groups in total. The van der Waals surface area contributed by atoms with Gasteiger partial charge in [0.1, 0.15) is 5.82 Å². The number of thiophene rings is 1. The molecule has 0 radical (unpaired) electrons. The van der Waals surface area contributed by atoms with Crippen molar-refractivity contribution in [2.75, 3.05) is 23.7 Å². The van der Waals surface area contributed by atoms with E-state index in [-0.39, 0.29) is 53.7 Å². The molecule has 1 aliphatic heterocycles. The number of pyridine rings is 1. The zero-order valence-corrected chi connectivity index (χ0v) is 17.1. The van der Waals surface area contributed by atoms with Gasteiger partial charge in [-0.25, -0.2) is 4.98 Å². The summed E-state index contributed by atoms with van der Waals surface area (Å²) in [6.07, 6.45) is 3.63. The first-order valence-corrected chi connectivity index (χ1v) is 10.0. The van der Waals surface area contributed by atoms with Gasteiger partial charge in [0.2, 0.25) is 5.91 Å². The number of carbonyl (C=O) groups is 3. The number of likely N-dealkylation sites (N-methyl/N-ethyl adjacent to an activating group) is 1. The van der Waals surface area contributed by atoms with Gasteiger partial charge in [-0.1, -0.05) is 0 Å². The minimum atomic E-state index is -1.39. The van der Waals surface area contributed by atoms with Crippen molar-refractivity contribution in [1.82, 2.24) is 9.88 Å². The second kappa shape index (κ2) is 8.57. The monoisotopic (exact) mass is 406 g/mol. The molecule has 2 amide bonds. The Kier molecular flexibility index (Phi) is 6.32.